The van der Waals surface area contributed by atoms with Gasteiger partial charge in [-0.3, -0.25) is 9.59 Å². The molecule has 29 heavy (non-hydrogen) atoms. The van der Waals surface area contributed by atoms with E-state index in [4.69, 9.17) is 4.74 Å². The summed E-state index contributed by atoms with van der Waals surface area (Å²) in [4.78, 5) is 41.6. The molecule has 7 nitrogen and oxygen atoms in total. The lowest BCUT2D eigenvalue weighted by molar-refractivity contribution is -0.144. The predicted octanol–water partition coefficient (Wildman–Crippen LogP) is 2.93. The molecule has 7 heteroatoms. The SMILES string of the molecule is C[C@@H](NC(=O)OC(C)(C)C)[C@H]1CCCCN1C(=O)C1CCN(C(=O)C2CC2)CC1. The van der Waals surface area contributed by atoms with Crippen LogP contribution in [0.2, 0.25) is 0 Å². The van der Waals surface area contributed by atoms with E-state index in [1.54, 1.807) is 0 Å². The Bertz CT molecular complexity index is 618. The number of amides is 3. The highest BCUT2D eigenvalue weighted by atomic mass is 16.6. The first-order chi connectivity index (χ1) is 13.7. The van der Waals surface area contributed by atoms with Gasteiger partial charge in [-0.1, -0.05) is 0 Å². The van der Waals surface area contributed by atoms with E-state index in [-0.39, 0.29) is 35.7 Å². The highest BCUT2D eigenvalue weighted by Gasteiger charge is 2.39. The van der Waals surface area contributed by atoms with Crippen molar-refractivity contribution < 1.29 is 19.1 Å². The summed E-state index contributed by atoms with van der Waals surface area (Å²) in [5, 5.41) is 2.93. The molecule has 0 aromatic heterocycles. The number of likely N-dealkylation sites (tertiary alicyclic amines) is 2. The van der Waals surface area contributed by atoms with E-state index in [1.807, 2.05) is 37.5 Å². The van der Waals surface area contributed by atoms with Gasteiger partial charge in [-0.25, -0.2) is 4.79 Å². The van der Waals surface area contributed by atoms with Crippen molar-refractivity contribution in [2.75, 3.05) is 19.6 Å². The fraction of sp³-hybridized carbons (Fsp3) is 0.864. The van der Waals surface area contributed by atoms with Crippen LogP contribution in [0.15, 0.2) is 0 Å². The van der Waals surface area contributed by atoms with Gasteiger partial charge in [0.25, 0.3) is 0 Å². The molecule has 1 aliphatic carbocycles. The van der Waals surface area contributed by atoms with Gasteiger partial charge >= 0.3 is 6.09 Å². The number of piperidine rings is 2. The molecule has 2 heterocycles. The molecule has 3 fully saturated rings. The summed E-state index contributed by atoms with van der Waals surface area (Å²) in [7, 11) is 0. The number of hydrogen-bond acceptors (Lipinski definition) is 4. The van der Waals surface area contributed by atoms with E-state index in [9.17, 15) is 14.4 Å². The average molecular weight is 408 g/mol. The van der Waals surface area contributed by atoms with Crippen molar-refractivity contribution in [2.24, 2.45) is 11.8 Å². The molecular weight excluding hydrogens is 370 g/mol. The normalized spacial score (nSPS) is 24.8. The van der Waals surface area contributed by atoms with Crippen molar-refractivity contribution in [1.29, 1.82) is 0 Å². The number of nitrogens with one attached hydrogen (secondary N) is 1. The van der Waals surface area contributed by atoms with Crippen LogP contribution in [0.5, 0.6) is 0 Å². The van der Waals surface area contributed by atoms with Crippen molar-refractivity contribution in [3.63, 3.8) is 0 Å². The van der Waals surface area contributed by atoms with Gasteiger partial charge in [-0.15, -0.1) is 0 Å². The van der Waals surface area contributed by atoms with E-state index in [0.717, 1.165) is 51.5 Å². The molecule has 3 aliphatic rings. The third-order valence-corrected chi connectivity index (χ3v) is 6.24. The number of alkyl carbamates (subject to hydrolysis) is 1. The van der Waals surface area contributed by atoms with E-state index < -0.39 is 11.7 Å². The number of carbonyl (C=O) groups is 3. The molecule has 2 saturated heterocycles. The fourth-order valence-corrected chi connectivity index (χ4v) is 4.51. The zero-order chi connectivity index (χ0) is 21.2. The maximum Gasteiger partial charge on any atom is 0.407 e. The van der Waals surface area contributed by atoms with Crippen LogP contribution in [0.25, 0.3) is 0 Å². The van der Waals surface area contributed by atoms with E-state index in [0.29, 0.717) is 13.1 Å². The Kier molecular flexibility index (Phi) is 6.74. The molecule has 0 aromatic carbocycles. The standard InChI is InChI=1S/C22H37N3O4/c1-15(23-21(28)29-22(2,3)4)18-7-5-6-12-25(18)20(27)17-10-13-24(14-11-17)19(26)16-8-9-16/h15-18H,5-14H2,1-4H3,(H,23,28)/t15-,18-/m1/s1. The number of carbonyl (C=O) groups excluding carboxylic acids is 3. The minimum absolute atomic E-state index is 0.00473. The smallest absolute Gasteiger partial charge is 0.407 e. The maximum absolute atomic E-state index is 13.3. The van der Waals surface area contributed by atoms with Gasteiger partial charge < -0.3 is 19.9 Å². The van der Waals surface area contributed by atoms with Gasteiger partial charge in [-0.05, 0) is 72.6 Å². The van der Waals surface area contributed by atoms with Crippen LogP contribution < -0.4 is 5.32 Å². The highest BCUT2D eigenvalue weighted by molar-refractivity contribution is 5.82. The van der Waals surface area contributed by atoms with E-state index in [2.05, 4.69) is 5.32 Å². The van der Waals surface area contributed by atoms with E-state index in [1.165, 1.54) is 0 Å². The van der Waals surface area contributed by atoms with Crippen LogP contribution in [0.1, 0.15) is 72.6 Å². The third-order valence-electron chi connectivity index (χ3n) is 6.24. The number of hydrogen-bond donors (Lipinski definition) is 1. The molecular formula is C22H37N3O4. The lowest BCUT2D eigenvalue weighted by Gasteiger charge is -2.42. The number of ether oxygens (including phenoxy) is 1. The molecule has 3 amide bonds. The monoisotopic (exact) mass is 407 g/mol. The fourth-order valence-electron chi connectivity index (χ4n) is 4.51. The zero-order valence-electron chi connectivity index (χ0n) is 18.4. The van der Waals surface area contributed by atoms with Gasteiger partial charge in [0.05, 0.1) is 6.04 Å². The Balaban J connectivity index is 1.55. The van der Waals surface area contributed by atoms with Gasteiger partial charge in [0.15, 0.2) is 0 Å². The molecule has 0 unspecified atom stereocenters. The average Bonchev–Trinajstić information content (AvgIpc) is 3.50. The minimum Gasteiger partial charge on any atom is -0.444 e. The molecule has 0 aromatic rings. The van der Waals surface area contributed by atoms with E-state index >= 15 is 0 Å². The second kappa shape index (κ2) is 8.92. The first kappa shape index (κ1) is 21.9. The lowest BCUT2D eigenvalue weighted by atomic mass is 9.90. The first-order valence-electron chi connectivity index (χ1n) is 11.2. The van der Waals surface area contributed by atoms with Gasteiger partial charge in [-0.2, -0.15) is 0 Å². The highest BCUT2D eigenvalue weighted by Crippen LogP contribution is 2.33. The molecule has 1 saturated carbocycles. The quantitative estimate of drug-likeness (QED) is 0.777. The van der Waals surface area contributed by atoms with Crippen molar-refractivity contribution in [1.82, 2.24) is 15.1 Å². The zero-order valence-corrected chi connectivity index (χ0v) is 18.4. The van der Waals surface area contributed by atoms with Crippen LogP contribution in [-0.2, 0) is 14.3 Å². The van der Waals surface area contributed by atoms with Crippen LogP contribution in [-0.4, -0.2) is 65.0 Å². The van der Waals surface area contributed by atoms with Crippen molar-refractivity contribution >= 4 is 17.9 Å². The van der Waals surface area contributed by atoms with Gasteiger partial charge in [0, 0.05) is 37.5 Å². The van der Waals surface area contributed by atoms with Crippen molar-refractivity contribution in [3.05, 3.63) is 0 Å². The molecule has 1 N–H and O–H groups in total. The summed E-state index contributed by atoms with van der Waals surface area (Å²) in [5.74, 6) is 0.689. The maximum atomic E-state index is 13.3. The van der Waals surface area contributed by atoms with Gasteiger partial charge in [0.2, 0.25) is 11.8 Å². The minimum atomic E-state index is -0.544. The summed E-state index contributed by atoms with van der Waals surface area (Å²) >= 11 is 0. The molecule has 0 radical (unpaired) electrons. The lowest BCUT2D eigenvalue weighted by Crippen LogP contribution is -2.56. The number of nitrogens with zero attached hydrogens (tertiary/aromatic N) is 2. The van der Waals surface area contributed by atoms with Crippen LogP contribution >= 0.6 is 0 Å². The molecule has 2 aliphatic heterocycles. The Morgan fingerprint density at radius 1 is 0.897 bits per heavy atom. The molecule has 164 valence electrons. The van der Waals surface area contributed by atoms with Crippen molar-refractivity contribution in [3.8, 4) is 0 Å². The summed E-state index contributed by atoms with van der Waals surface area (Å²) in [6, 6.07) is -0.166. The second-order valence-electron chi connectivity index (χ2n) is 9.90. The van der Waals surface area contributed by atoms with Gasteiger partial charge in [0.1, 0.15) is 5.60 Å². The molecule has 3 rings (SSSR count). The molecule has 0 bridgehead atoms. The van der Waals surface area contributed by atoms with Crippen LogP contribution in [0, 0.1) is 11.8 Å². The summed E-state index contributed by atoms with van der Waals surface area (Å²) in [5.41, 5.74) is -0.544. The first-order valence-corrected chi connectivity index (χ1v) is 11.2. The summed E-state index contributed by atoms with van der Waals surface area (Å²) < 4.78 is 5.38. The second-order valence-corrected chi connectivity index (χ2v) is 9.90. The summed E-state index contributed by atoms with van der Waals surface area (Å²) in [6.07, 6.45) is 6.05. The topological polar surface area (TPSA) is 79.0 Å². The molecule has 2 atom stereocenters. The predicted molar refractivity (Wildman–Crippen MR) is 110 cm³/mol. The Hall–Kier alpha value is -1.79. The Morgan fingerprint density at radius 2 is 1.52 bits per heavy atom. The van der Waals surface area contributed by atoms with Crippen molar-refractivity contribution in [2.45, 2.75) is 90.3 Å². The molecule has 0 spiro atoms. The largest absolute Gasteiger partial charge is 0.444 e. The van der Waals surface area contributed by atoms with Crippen LogP contribution in [0.4, 0.5) is 4.79 Å². The number of rotatable bonds is 4. The Morgan fingerprint density at radius 3 is 2.10 bits per heavy atom. The third kappa shape index (κ3) is 5.86. The van der Waals surface area contributed by atoms with Crippen LogP contribution in [0.3, 0.4) is 0 Å². The Labute approximate surface area is 174 Å². The summed E-state index contributed by atoms with van der Waals surface area (Å²) in [6.45, 7) is 9.60.